The fraction of sp³-hybridized carbons (Fsp3) is 0.167. The molecule has 0 amide bonds. The lowest BCUT2D eigenvalue weighted by Crippen LogP contribution is -2.19. The minimum atomic E-state index is -0.381. The fourth-order valence-corrected chi connectivity index (χ4v) is 0.586. The topological polar surface area (TPSA) is 64.9 Å². The highest BCUT2D eigenvalue weighted by molar-refractivity contribution is 5.12. The third-order valence-corrected chi connectivity index (χ3v) is 1.09. The van der Waals surface area contributed by atoms with E-state index in [4.69, 9.17) is 11.5 Å². The Labute approximate surface area is 53.7 Å². The van der Waals surface area contributed by atoms with Crippen molar-refractivity contribution in [1.82, 2.24) is 4.98 Å². The van der Waals surface area contributed by atoms with Crippen molar-refractivity contribution in [2.75, 3.05) is 0 Å². The second kappa shape index (κ2) is 2.57. The molecule has 0 bridgehead atoms. The lowest BCUT2D eigenvalue weighted by atomic mass is 10.2. The van der Waals surface area contributed by atoms with Crippen molar-refractivity contribution >= 4 is 0 Å². The molecule has 1 aromatic rings. The number of pyridine rings is 1. The number of aromatic nitrogens is 1. The molecule has 1 rings (SSSR count). The molecule has 0 radical (unpaired) electrons. The molecule has 0 unspecified atom stereocenters. The van der Waals surface area contributed by atoms with Crippen LogP contribution in [0.1, 0.15) is 11.7 Å². The average Bonchev–Trinajstić information content (AvgIpc) is 1.90. The Hall–Kier alpha value is -0.930. The van der Waals surface area contributed by atoms with Crippen molar-refractivity contribution in [2.45, 2.75) is 6.17 Å². The molecule has 1 heterocycles. The maximum absolute atomic E-state index is 5.36. The van der Waals surface area contributed by atoms with Crippen LogP contribution in [0, 0.1) is 0 Å². The van der Waals surface area contributed by atoms with Crippen molar-refractivity contribution in [2.24, 2.45) is 11.5 Å². The Balaban J connectivity index is 2.85. The minimum absolute atomic E-state index is 0.381. The SMILES string of the molecule is NC(N)c1ccncc1. The second-order valence-corrected chi connectivity index (χ2v) is 1.81. The minimum Gasteiger partial charge on any atom is -0.312 e. The zero-order valence-corrected chi connectivity index (χ0v) is 4.99. The zero-order chi connectivity index (χ0) is 6.69. The van der Waals surface area contributed by atoms with Crippen LogP contribution < -0.4 is 11.5 Å². The molecule has 9 heavy (non-hydrogen) atoms. The van der Waals surface area contributed by atoms with E-state index in [-0.39, 0.29) is 6.17 Å². The molecule has 4 N–H and O–H groups in total. The predicted octanol–water partition coefficient (Wildman–Crippen LogP) is -0.00240. The summed E-state index contributed by atoms with van der Waals surface area (Å²) in [4.78, 5) is 3.82. The fourth-order valence-electron chi connectivity index (χ4n) is 0.586. The summed E-state index contributed by atoms with van der Waals surface area (Å²) >= 11 is 0. The third kappa shape index (κ3) is 1.48. The Morgan fingerprint density at radius 1 is 1.22 bits per heavy atom. The van der Waals surface area contributed by atoms with E-state index in [1.54, 1.807) is 24.5 Å². The summed E-state index contributed by atoms with van der Waals surface area (Å²) in [6.45, 7) is 0. The van der Waals surface area contributed by atoms with Crippen LogP contribution in [-0.4, -0.2) is 4.98 Å². The van der Waals surface area contributed by atoms with E-state index in [0.29, 0.717) is 0 Å². The van der Waals surface area contributed by atoms with Crippen LogP contribution in [0.5, 0.6) is 0 Å². The van der Waals surface area contributed by atoms with E-state index >= 15 is 0 Å². The van der Waals surface area contributed by atoms with Crippen molar-refractivity contribution in [3.05, 3.63) is 30.1 Å². The molecular weight excluding hydrogens is 114 g/mol. The van der Waals surface area contributed by atoms with Gasteiger partial charge in [-0.1, -0.05) is 0 Å². The molecule has 0 aliphatic heterocycles. The maximum atomic E-state index is 5.36. The normalized spacial score (nSPS) is 10.1. The van der Waals surface area contributed by atoms with Gasteiger partial charge < -0.3 is 11.5 Å². The Morgan fingerprint density at radius 2 is 1.78 bits per heavy atom. The van der Waals surface area contributed by atoms with Gasteiger partial charge in [-0.3, -0.25) is 4.98 Å². The van der Waals surface area contributed by atoms with Gasteiger partial charge in [0.1, 0.15) is 0 Å². The molecule has 0 spiro atoms. The first-order chi connectivity index (χ1) is 4.30. The molecule has 3 nitrogen and oxygen atoms in total. The highest BCUT2D eigenvalue weighted by atomic mass is 14.8. The summed E-state index contributed by atoms with van der Waals surface area (Å²) in [5.41, 5.74) is 11.6. The smallest absolute Gasteiger partial charge is 0.0785 e. The lowest BCUT2D eigenvalue weighted by molar-refractivity contribution is 0.772. The first-order valence-corrected chi connectivity index (χ1v) is 2.72. The van der Waals surface area contributed by atoms with Crippen LogP contribution in [0.15, 0.2) is 24.5 Å². The van der Waals surface area contributed by atoms with Crippen molar-refractivity contribution in [3.63, 3.8) is 0 Å². The van der Waals surface area contributed by atoms with Gasteiger partial charge in [-0.05, 0) is 17.7 Å². The molecule has 0 aromatic carbocycles. The van der Waals surface area contributed by atoms with Crippen LogP contribution >= 0.6 is 0 Å². The number of hydrogen-bond acceptors (Lipinski definition) is 3. The zero-order valence-electron chi connectivity index (χ0n) is 4.99. The van der Waals surface area contributed by atoms with Gasteiger partial charge in [-0.2, -0.15) is 0 Å². The highest BCUT2D eigenvalue weighted by Crippen LogP contribution is 1.99. The molecule has 0 atom stereocenters. The van der Waals surface area contributed by atoms with E-state index < -0.39 is 0 Å². The standard InChI is InChI=1S/C6H9N3/c7-6(8)5-1-3-9-4-2-5/h1-4,6H,7-8H2. The van der Waals surface area contributed by atoms with E-state index in [2.05, 4.69) is 4.98 Å². The molecule has 0 saturated heterocycles. The maximum Gasteiger partial charge on any atom is 0.0785 e. The monoisotopic (exact) mass is 123 g/mol. The van der Waals surface area contributed by atoms with Gasteiger partial charge in [0.15, 0.2) is 0 Å². The first-order valence-electron chi connectivity index (χ1n) is 2.72. The number of rotatable bonds is 1. The summed E-state index contributed by atoms with van der Waals surface area (Å²) < 4.78 is 0. The molecule has 0 aliphatic rings. The molecule has 3 heteroatoms. The Kier molecular flexibility index (Phi) is 1.77. The van der Waals surface area contributed by atoms with Gasteiger partial charge >= 0.3 is 0 Å². The lowest BCUT2D eigenvalue weighted by Gasteiger charge is -2.01. The molecule has 0 fully saturated rings. The van der Waals surface area contributed by atoms with Crippen LogP contribution in [0.2, 0.25) is 0 Å². The Morgan fingerprint density at radius 3 is 2.11 bits per heavy atom. The van der Waals surface area contributed by atoms with Crippen molar-refractivity contribution in [3.8, 4) is 0 Å². The number of nitrogens with two attached hydrogens (primary N) is 2. The molecule has 1 aromatic heterocycles. The van der Waals surface area contributed by atoms with Gasteiger partial charge in [0, 0.05) is 12.4 Å². The van der Waals surface area contributed by atoms with E-state index in [1.807, 2.05) is 0 Å². The van der Waals surface area contributed by atoms with Crippen LogP contribution in [0.25, 0.3) is 0 Å². The number of nitrogens with zero attached hydrogens (tertiary/aromatic N) is 1. The van der Waals surface area contributed by atoms with Gasteiger partial charge in [0.05, 0.1) is 6.17 Å². The first kappa shape index (κ1) is 6.19. The largest absolute Gasteiger partial charge is 0.312 e. The van der Waals surface area contributed by atoms with Crippen LogP contribution in [0.4, 0.5) is 0 Å². The van der Waals surface area contributed by atoms with E-state index in [0.717, 1.165) is 5.56 Å². The van der Waals surface area contributed by atoms with E-state index in [9.17, 15) is 0 Å². The summed E-state index contributed by atoms with van der Waals surface area (Å²) in [6, 6.07) is 3.59. The molecule has 48 valence electrons. The summed E-state index contributed by atoms with van der Waals surface area (Å²) in [6.07, 6.45) is 2.96. The van der Waals surface area contributed by atoms with Crippen molar-refractivity contribution < 1.29 is 0 Å². The average molecular weight is 123 g/mol. The third-order valence-electron chi connectivity index (χ3n) is 1.09. The number of hydrogen-bond donors (Lipinski definition) is 2. The summed E-state index contributed by atoms with van der Waals surface area (Å²) in [5, 5.41) is 0. The van der Waals surface area contributed by atoms with Crippen molar-refractivity contribution in [1.29, 1.82) is 0 Å². The molecular formula is C6H9N3. The van der Waals surface area contributed by atoms with Gasteiger partial charge in [0.2, 0.25) is 0 Å². The van der Waals surface area contributed by atoms with Gasteiger partial charge in [-0.15, -0.1) is 0 Å². The summed E-state index contributed by atoms with van der Waals surface area (Å²) in [5.74, 6) is 0. The van der Waals surface area contributed by atoms with Crippen LogP contribution in [0.3, 0.4) is 0 Å². The molecule has 0 saturated carbocycles. The van der Waals surface area contributed by atoms with Gasteiger partial charge in [-0.25, -0.2) is 0 Å². The van der Waals surface area contributed by atoms with Gasteiger partial charge in [0.25, 0.3) is 0 Å². The quantitative estimate of drug-likeness (QED) is 0.516. The molecule has 0 aliphatic carbocycles. The van der Waals surface area contributed by atoms with Crippen LogP contribution in [-0.2, 0) is 0 Å². The highest BCUT2D eigenvalue weighted by Gasteiger charge is 1.94. The predicted molar refractivity (Wildman–Crippen MR) is 35.4 cm³/mol. The Bertz CT molecular complexity index is 171. The summed E-state index contributed by atoms with van der Waals surface area (Å²) in [7, 11) is 0. The van der Waals surface area contributed by atoms with E-state index in [1.165, 1.54) is 0 Å². The second-order valence-electron chi connectivity index (χ2n) is 1.81.